The lowest BCUT2D eigenvalue weighted by atomic mass is 9.97. The Morgan fingerprint density at radius 3 is 2.21 bits per heavy atom. The van der Waals surface area contributed by atoms with Gasteiger partial charge in [-0.3, -0.25) is 4.79 Å². The zero-order valence-corrected chi connectivity index (χ0v) is 11.3. The maximum absolute atomic E-state index is 13.4. The number of nitrogens with zero attached hydrogens (tertiary/aromatic N) is 1. The molecular formula is C16H16FNO. The third kappa shape index (κ3) is 2.81. The zero-order valence-electron chi connectivity index (χ0n) is 11.3. The van der Waals surface area contributed by atoms with Crippen molar-refractivity contribution >= 4 is 11.5 Å². The van der Waals surface area contributed by atoms with E-state index in [1.54, 1.807) is 0 Å². The summed E-state index contributed by atoms with van der Waals surface area (Å²) in [6.07, 6.45) is 0. The highest BCUT2D eigenvalue weighted by atomic mass is 19.1. The molecule has 2 aromatic rings. The van der Waals surface area contributed by atoms with Crippen molar-refractivity contribution < 1.29 is 9.18 Å². The Hall–Kier alpha value is -2.16. The Morgan fingerprint density at radius 1 is 1.05 bits per heavy atom. The molecule has 98 valence electrons. The number of rotatable bonds is 3. The number of anilines is 1. The molecule has 0 amide bonds. The Bertz CT molecular complexity index is 603. The lowest BCUT2D eigenvalue weighted by Gasteiger charge is -2.13. The predicted molar refractivity (Wildman–Crippen MR) is 76.2 cm³/mol. The van der Waals surface area contributed by atoms with Crippen LogP contribution in [0.5, 0.6) is 0 Å². The van der Waals surface area contributed by atoms with Gasteiger partial charge in [0, 0.05) is 25.3 Å². The van der Waals surface area contributed by atoms with Crippen LogP contribution in [0.1, 0.15) is 17.3 Å². The van der Waals surface area contributed by atoms with Crippen LogP contribution in [0.4, 0.5) is 10.1 Å². The van der Waals surface area contributed by atoms with Crippen LogP contribution in [0.2, 0.25) is 0 Å². The van der Waals surface area contributed by atoms with Crippen LogP contribution >= 0.6 is 0 Å². The van der Waals surface area contributed by atoms with Crippen molar-refractivity contribution in [2.24, 2.45) is 0 Å². The second kappa shape index (κ2) is 5.22. The third-order valence-corrected chi connectivity index (χ3v) is 3.06. The normalized spacial score (nSPS) is 10.3. The second-order valence-electron chi connectivity index (χ2n) is 4.69. The molecule has 0 aromatic heterocycles. The van der Waals surface area contributed by atoms with E-state index < -0.39 is 0 Å². The first-order chi connectivity index (χ1) is 8.99. The van der Waals surface area contributed by atoms with Gasteiger partial charge in [0.15, 0.2) is 5.78 Å². The van der Waals surface area contributed by atoms with E-state index in [9.17, 15) is 9.18 Å². The largest absolute Gasteiger partial charge is 0.378 e. The van der Waals surface area contributed by atoms with Crippen LogP contribution in [0.25, 0.3) is 11.1 Å². The van der Waals surface area contributed by atoms with E-state index in [0.29, 0.717) is 11.1 Å². The number of ketones is 1. The summed E-state index contributed by atoms with van der Waals surface area (Å²) in [6, 6.07) is 11.9. The highest BCUT2D eigenvalue weighted by Crippen LogP contribution is 2.27. The van der Waals surface area contributed by atoms with Crippen LogP contribution in [0.15, 0.2) is 42.5 Å². The molecule has 2 aromatic carbocycles. The predicted octanol–water partition coefficient (Wildman–Crippen LogP) is 3.76. The highest BCUT2D eigenvalue weighted by Gasteiger charge is 2.10. The van der Waals surface area contributed by atoms with Gasteiger partial charge in [-0.15, -0.1) is 0 Å². The van der Waals surface area contributed by atoms with E-state index in [0.717, 1.165) is 11.3 Å². The topological polar surface area (TPSA) is 20.3 Å². The molecule has 0 saturated heterocycles. The van der Waals surface area contributed by atoms with Crippen LogP contribution in [0, 0.1) is 5.82 Å². The van der Waals surface area contributed by atoms with Crippen molar-refractivity contribution in [3.05, 3.63) is 53.8 Å². The van der Waals surface area contributed by atoms with Crippen LogP contribution < -0.4 is 4.90 Å². The van der Waals surface area contributed by atoms with Gasteiger partial charge in [0.1, 0.15) is 5.82 Å². The number of carbonyl (C=O) groups is 1. The Labute approximate surface area is 112 Å². The van der Waals surface area contributed by atoms with E-state index in [2.05, 4.69) is 0 Å². The molecule has 2 rings (SSSR count). The smallest absolute Gasteiger partial charge is 0.160 e. The quantitative estimate of drug-likeness (QED) is 0.780. The lowest BCUT2D eigenvalue weighted by molar-refractivity contribution is 0.101. The molecule has 0 radical (unpaired) electrons. The maximum atomic E-state index is 13.4. The molecule has 0 aliphatic carbocycles. The fourth-order valence-electron chi connectivity index (χ4n) is 2.00. The average molecular weight is 257 g/mol. The van der Waals surface area contributed by atoms with Crippen molar-refractivity contribution in [2.45, 2.75) is 6.92 Å². The Morgan fingerprint density at radius 2 is 1.68 bits per heavy atom. The Balaban J connectivity index is 2.51. The van der Waals surface area contributed by atoms with Gasteiger partial charge in [0.05, 0.1) is 0 Å². The molecule has 0 heterocycles. The summed E-state index contributed by atoms with van der Waals surface area (Å²) in [5.41, 5.74) is 3.08. The SMILES string of the molecule is CC(=O)c1ccc(F)cc1-c1ccc(N(C)C)cc1. The summed E-state index contributed by atoms with van der Waals surface area (Å²) in [4.78, 5) is 13.6. The molecule has 0 bridgehead atoms. The van der Waals surface area contributed by atoms with Gasteiger partial charge in [-0.2, -0.15) is 0 Å². The van der Waals surface area contributed by atoms with E-state index in [-0.39, 0.29) is 11.6 Å². The monoisotopic (exact) mass is 257 g/mol. The first-order valence-corrected chi connectivity index (χ1v) is 6.07. The summed E-state index contributed by atoms with van der Waals surface area (Å²) < 4.78 is 13.4. The van der Waals surface area contributed by atoms with Gasteiger partial charge in [-0.25, -0.2) is 4.39 Å². The lowest BCUT2D eigenvalue weighted by Crippen LogP contribution is -2.08. The number of Topliss-reactive ketones (excluding diaryl/α,β-unsaturated/α-hetero) is 1. The number of halogens is 1. The highest BCUT2D eigenvalue weighted by molar-refractivity contribution is 6.00. The minimum absolute atomic E-state index is 0.0633. The number of hydrogen-bond donors (Lipinski definition) is 0. The summed E-state index contributed by atoms with van der Waals surface area (Å²) in [7, 11) is 3.91. The summed E-state index contributed by atoms with van der Waals surface area (Å²) in [6.45, 7) is 1.49. The van der Waals surface area contributed by atoms with Gasteiger partial charge in [-0.05, 0) is 48.4 Å². The standard InChI is InChI=1S/C16H16FNO/c1-11(19)15-9-6-13(17)10-16(15)12-4-7-14(8-5-12)18(2)3/h4-10H,1-3H3. The molecule has 3 heteroatoms. The first kappa shape index (κ1) is 13.3. The molecular weight excluding hydrogens is 241 g/mol. The maximum Gasteiger partial charge on any atom is 0.160 e. The molecule has 0 atom stereocenters. The van der Waals surface area contributed by atoms with Crippen molar-refractivity contribution in [3.8, 4) is 11.1 Å². The minimum atomic E-state index is -0.336. The molecule has 0 fully saturated rings. The molecule has 19 heavy (non-hydrogen) atoms. The first-order valence-electron chi connectivity index (χ1n) is 6.07. The summed E-state index contributed by atoms with van der Waals surface area (Å²) >= 11 is 0. The fourth-order valence-corrected chi connectivity index (χ4v) is 2.00. The van der Waals surface area contributed by atoms with Crippen LogP contribution in [0.3, 0.4) is 0 Å². The van der Waals surface area contributed by atoms with Crippen LogP contribution in [-0.2, 0) is 0 Å². The van der Waals surface area contributed by atoms with E-state index in [1.807, 2.05) is 43.3 Å². The molecule has 0 N–H and O–H groups in total. The van der Waals surface area contributed by atoms with Gasteiger partial charge < -0.3 is 4.90 Å². The van der Waals surface area contributed by atoms with E-state index in [1.165, 1.54) is 25.1 Å². The molecule has 0 aliphatic rings. The second-order valence-corrected chi connectivity index (χ2v) is 4.69. The molecule has 0 aliphatic heterocycles. The molecule has 2 nitrogen and oxygen atoms in total. The number of hydrogen-bond acceptors (Lipinski definition) is 2. The van der Waals surface area contributed by atoms with E-state index >= 15 is 0 Å². The number of carbonyl (C=O) groups excluding carboxylic acids is 1. The van der Waals surface area contributed by atoms with Crippen LogP contribution in [-0.4, -0.2) is 19.9 Å². The van der Waals surface area contributed by atoms with E-state index in [4.69, 9.17) is 0 Å². The Kier molecular flexibility index (Phi) is 3.65. The van der Waals surface area contributed by atoms with Gasteiger partial charge in [0.2, 0.25) is 0 Å². The average Bonchev–Trinajstić information content (AvgIpc) is 2.38. The number of benzene rings is 2. The molecule has 0 saturated carbocycles. The zero-order chi connectivity index (χ0) is 14.0. The van der Waals surface area contributed by atoms with Gasteiger partial charge in [0.25, 0.3) is 0 Å². The summed E-state index contributed by atoms with van der Waals surface area (Å²) in [5.74, 6) is -0.400. The minimum Gasteiger partial charge on any atom is -0.378 e. The van der Waals surface area contributed by atoms with Gasteiger partial charge >= 0.3 is 0 Å². The van der Waals surface area contributed by atoms with Gasteiger partial charge in [-0.1, -0.05) is 12.1 Å². The summed E-state index contributed by atoms with van der Waals surface area (Å²) in [5, 5.41) is 0. The molecule has 0 spiro atoms. The molecule has 0 unspecified atom stereocenters. The van der Waals surface area contributed by atoms with Crippen molar-refractivity contribution in [3.63, 3.8) is 0 Å². The van der Waals surface area contributed by atoms with Crippen molar-refractivity contribution in [2.75, 3.05) is 19.0 Å². The van der Waals surface area contributed by atoms with Crippen molar-refractivity contribution in [1.82, 2.24) is 0 Å². The third-order valence-electron chi connectivity index (χ3n) is 3.06. The fraction of sp³-hybridized carbons (Fsp3) is 0.188. The van der Waals surface area contributed by atoms with Crippen molar-refractivity contribution in [1.29, 1.82) is 0 Å².